The predicted octanol–water partition coefficient (Wildman–Crippen LogP) is 5.79. The highest BCUT2D eigenvalue weighted by Gasteiger charge is 2.02. The van der Waals surface area contributed by atoms with Gasteiger partial charge in [-0.05, 0) is 58.6 Å². The SMILES string of the molecule is Cl.c1ccc2c(CCNCCc3cccc4ccccc34)cccc2c1. The first-order chi connectivity index (χ1) is 12.4. The molecule has 0 heterocycles. The molecule has 4 aromatic carbocycles. The van der Waals surface area contributed by atoms with E-state index in [2.05, 4.69) is 90.2 Å². The van der Waals surface area contributed by atoms with Gasteiger partial charge in [0.2, 0.25) is 0 Å². The van der Waals surface area contributed by atoms with Gasteiger partial charge in [-0.2, -0.15) is 0 Å². The first-order valence-electron chi connectivity index (χ1n) is 9.06. The molecule has 0 saturated carbocycles. The highest BCUT2D eigenvalue weighted by atomic mass is 35.5. The van der Waals surface area contributed by atoms with Gasteiger partial charge in [0, 0.05) is 0 Å². The molecule has 0 fully saturated rings. The number of benzene rings is 4. The van der Waals surface area contributed by atoms with Crippen molar-refractivity contribution in [2.75, 3.05) is 13.1 Å². The van der Waals surface area contributed by atoms with E-state index >= 15 is 0 Å². The molecule has 0 saturated heterocycles. The van der Waals surface area contributed by atoms with E-state index in [-0.39, 0.29) is 12.4 Å². The summed E-state index contributed by atoms with van der Waals surface area (Å²) >= 11 is 0. The quantitative estimate of drug-likeness (QED) is 0.428. The number of hydrogen-bond acceptors (Lipinski definition) is 1. The van der Waals surface area contributed by atoms with E-state index in [0.717, 1.165) is 25.9 Å². The minimum atomic E-state index is 0. The van der Waals surface area contributed by atoms with Crippen molar-refractivity contribution < 1.29 is 0 Å². The number of nitrogens with one attached hydrogen (secondary N) is 1. The lowest BCUT2D eigenvalue weighted by Gasteiger charge is -2.09. The molecule has 0 aliphatic heterocycles. The zero-order valence-electron chi connectivity index (χ0n) is 14.8. The number of rotatable bonds is 6. The zero-order chi connectivity index (χ0) is 16.9. The van der Waals surface area contributed by atoms with E-state index in [0.29, 0.717) is 0 Å². The van der Waals surface area contributed by atoms with Crippen LogP contribution in [0.2, 0.25) is 0 Å². The van der Waals surface area contributed by atoms with Crippen LogP contribution in [0.15, 0.2) is 84.9 Å². The minimum absolute atomic E-state index is 0. The summed E-state index contributed by atoms with van der Waals surface area (Å²) in [7, 11) is 0. The lowest BCUT2D eigenvalue weighted by Crippen LogP contribution is -2.20. The van der Waals surface area contributed by atoms with Crippen molar-refractivity contribution in [3.8, 4) is 0 Å². The first kappa shape index (κ1) is 18.4. The summed E-state index contributed by atoms with van der Waals surface area (Å²) in [4.78, 5) is 0. The maximum Gasteiger partial charge on any atom is -0.000800 e. The van der Waals surface area contributed by atoms with Crippen molar-refractivity contribution in [3.63, 3.8) is 0 Å². The van der Waals surface area contributed by atoms with Crippen LogP contribution < -0.4 is 5.32 Å². The molecule has 0 atom stereocenters. The lowest BCUT2D eigenvalue weighted by atomic mass is 10.0. The van der Waals surface area contributed by atoms with Crippen LogP contribution in [0.5, 0.6) is 0 Å². The van der Waals surface area contributed by atoms with Crippen LogP contribution in [0.1, 0.15) is 11.1 Å². The van der Waals surface area contributed by atoms with Gasteiger partial charge in [0.05, 0.1) is 0 Å². The maximum absolute atomic E-state index is 3.61. The second-order valence-corrected chi connectivity index (χ2v) is 6.53. The molecule has 132 valence electrons. The Morgan fingerprint density at radius 2 is 0.923 bits per heavy atom. The van der Waals surface area contributed by atoms with Crippen LogP contribution in [0, 0.1) is 0 Å². The fourth-order valence-corrected chi connectivity index (χ4v) is 3.59. The second-order valence-electron chi connectivity index (χ2n) is 6.53. The third-order valence-electron chi connectivity index (χ3n) is 4.90. The third kappa shape index (κ3) is 4.07. The Kier molecular flexibility index (Phi) is 6.27. The summed E-state index contributed by atoms with van der Waals surface area (Å²) in [6.45, 7) is 2.03. The Morgan fingerprint density at radius 1 is 0.500 bits per heavy atom. The summed E-state index contributed by atoms with van der Waals surface area (Å²) < 4.78 is 0. The van der Waals surface area contributed by atoms with Crippen LogP contribution >= 0.6 is 12.4 Å². The van der Waals surface area contributed by atoms with E-state index in [1.54, 1.807) is 0 Å². The largest absolute Gasteiger partial charge is 0.316 e. The minimum Gasteiger partial charge on any atom is -0.316 e. The van der Waals surface area contributed by atoms with E-state index in [9.17, 15) is 0 Å². The Hall–Kier alpha value is -2.35. The van der Waals surface area contributed by atoms with Gasteiger partial charge in [-0.25, -0.2) is 0 Å². The molecule has 1 nitrogen and oxygen atoms in total. The number of halogens is 1. The molecule has 0 aliphatic rings. The molecule has 0 unspecified atom stereocenters. The van der Waals surface area contributed by atoms with Crippen molar-refractivity contribution in [2.45, 2.75) is 12.8 Å². The molecular weight excluding hydrogens is 338 g/mol. The zero-order valence-corrected chi connectivity index (χ0v) is 15.6. The van der Waals surface area contributed by atoms with Gasteiger partial charge < -0.3 is 5.32 Å². The number of fused-ring (bicyclic) bond motifs is 2. The molecule has 2 heteroatoms. The van der Waals surface area contributed by atoms with Crippen LogP contribution in [-0.2, 0) is 12.8 Å². The Balaban J connectivity index is 0.00000196. The van der Waals surface area contributed by atoms with Crippen molar-refractivity contribution in [3.05, 3.63) is 96.1 Å². The van der Waals surface area contributed by atoms with Crippen LogP contribution in [-0.4, -0.2) is 13.1 Å². The topological polar surface area (TPSA) is 12.0 Å². The highest BCUT2D eigenvalue weighted by Crippen LogP contribution is 2.19. The van der Waals surface area contributed by atoms with Gasteiger partial charge in [-0.1, -0.05) is 84.9 Å². The smallest absolute Gasteiger partial charge is 0.000800 e. The fourth-order valence-electron chi connectivity index (χ4n) is 3.59. The highest BCUT2D eigenvalue weighted by molar-refractivity contribution is 5.86. The molecule has 26 heavy (non-hydrogen) atoms. The molecule has 0 amide bonds. The molecule has 4 aromatic rings. The van der Waals surface area contributed by atoms with Gasteiger partial charge in [-0.15, -0.1) is 12.4 Å². The summed E-state index contributed by atoms with van der Waals surface area (Å²) in [6.07, 6.45) is 2.13. The Bertz CT molecular complexity index is 901. The monoisotopic (exact) mass is 361 g/mol. The van der Waals surface area contributed by atoms with E-state index in [4.69, 9.17) is 0 Å². The molecule has 0 aromatic heterocycles. The van der Waals surface area contributed by atoms with Gasteiger partial charge >= 0.3 is 0 Å². The third-order valence-corrected chi connectivity index (χ3v) is 4.90. The Morgan fingerprint density at radius 3 is 1.42 bits per heavy atom. The standard InChI is InChI=1S/C24H23N.ClH/c1-3-13-23-19(7-1)9-5-11-21(23)15-17-25-18-16-22-12-6-10-20-8-2-4-14-24(20)22;/h1-14,25H,15-18H2;1H. The molecule has 0 radical (unpaired) electrons. The van der Waals surface area contributed by atoms with Crippen molar-refractivity contribution in [1.82, 2.24) is 5.32 Å². The van der Waals surface area contributed by atoms with Crippen LogP contribution in [0.4, 0.5) is 0 Å². The van der Waals surface area contributed by atoms with Crippen LogP contribution in [0.25, 0.3) is 21.5 Å². The molecule has 0 bridgehead atoms. The summed E-state index contributed by atoms with van der Waals surface area (Å²) in [6, 6.07) is 30.5. The van der Waals surface area contributed by atoms with Gasteiger partial charge in [0.25, 0.3) is 0 Å². The van der Waals surface area contributed by atoms with Gasteiger partial charge in [-0.3, -0.25) is 0 Å². The number of hydrogen-bond donors (Lipinski definition) is 1. The summed E-state index contributed by atoms with van der Waals surface area (Å²) in [5.74, 6) is 0. The van der Waals surface area contributed by atoms with Crippen molar-refractivity contribution in [2.24, 2.45) is 0 Å². The molecule has 1 N–H and O–H groups in total. The van der Waals surface area contributed by atoms with Crippen LogP contribution in [0.3, 0.4) is 0 Å². The first-order valence-corrected chi connectivity index (χ1v) is 9.06. The average Bonchev–Trinajstić information content (AvgIpc) is 2.68. The molecule has 4 rings (SSSR count). The molecular formula is C24H24ClN. The van der Waals surface area contributed by atoms with Crippen molar-refractivity contribution >= 4 is 34.0 Å². The van der Waals surface area contributed by atoms with Crippen molar-refractivity contribution in [1.29, 1.82) is 0 Å². The van der Waals surface area contributed by atoms with Gasteiger partial charge in [0.1, 0.15) is 0 Å². The molecule has 0 aliphatic carbocycles. The normalized spacial score (nSPS) is 10.8. The Labute approximate surface area is 161 Å². The molecule has 0 spiro atoms. The summed E-state index contributed by atoms with van der Waals surface area (Å²) in [5.41, 5.74) is 2.85. The average molecular weight is 362 g/mol. The predicted molar refractivity (Wildman–Crippen MR) is 115 cm³/mol. The maximum atomic E-state index is 3.61. The van der Waals surface area contributed by atoms with Gasteiger partial charge in [0.15, 0.2) is 0 Å². The van der Waals surface area contributed by atoms with E-state index < -0.39 is 0 Å². The fraction of sp³-hybridized carbons (Fsp3) is 0.167. The van der Waals surface area contributed by atoms with E-state index in [1.807, 2.05) is 0 Å². The lowest BCUT2D eigenvalue weighted by molar-refractivity contribution is 0.684. The van der Waals surface area contributed by atoms with E-state index in [1.165, 1.54) is 32.7 Å². The second kappa shape index (κ2) is 8.84. The summed E-state index contributed by atoms with van der Waals surface area (Å²) in [5, 5.41) is 9.02.